The Balaban J connectivity index is 0.00000220. The number of halogens is 2. The number of benzene rings is 1. The number of methoxy groups -OCH3 is 1. The number of nitrogens with zero attached hydrogens (tertiary/aromatic N) is 1. The van der Waals surface area contributed by atoms with Crippen LogP contribution in [0, 0.1) is 5.92 Å². The summed E-state index contributed by atoms with van der Waals surface area (Å²) < 4.78 is 6.14. The van der Waals surface area contributed by atoms with Crippen molar-refractivity contribution in [2.24, 2.45) is 11.7 Å². The summed E-state index contributed by atoms with van der Waals surface area (Å²) in [6, 6.07) is 7.60. The van der Waals surface area contributed by atoms with Crippen LogP contribution in [0.15, 0.2) is 28.7 Å². The minimum Gasteiger partial charge on any atom is -0.384 e. The third kappa shape index (κ3) is 4.19. The molecule has 4 nitrogen and oxygen atoms in total. The molecule has 1 saturated heterocycles. The third-order valence-electron chi connectivity index (χ3n) is 3.86. The smallest absolute Gasteiger partial charge is 0.246 e. The van der Waals surface area contributed by atoms with Crippen molar-refractivity contribution in [3.8, 4) is 0 Å². The summed E-state index contributed by atoms with van der Waals surface area (Å²) in [6.07, 6.45) is 0.982. The molecule has 0 saturated carbocycles. The lowest BCUT2D eigenvalue weighted by molar-refractivity contribution is -0.135. The van der Waals surface area contributed by atoms with Gasteiger partial charge in [-0.2, -0.15) is 0 Å². The Bertz CT molecular complexity index is 479. The van der Waals surface area contributed by atoms with E-state index in [1.165, 1.54) is 0 Å². The van der Waals surface area contributed by atoms with E-state index in [2.05, 4.69) is 15.9 Å². The zero-order valence-corrected chi connectivity index (χ0v) is 14.7. The van der Waals surface area contributed by atoms with E-state index in [9.17, 15) is 4.79 Å². The van der Waals surface area contributed by atoms with Crippen LogP contribution >= 0.6 is 28.3 Å². The second kappa shape index (κ2) is 7.58. The van der Waals surface area contributed by atoms with Gasteiger partial charge in [0, 0.05) is 30.6 Å². The maximum Gasteiger partial charge on any atom is 0.246 e. The van der Waals surface area contributed by atoms with Crippen molar-refractivity contribution in [3.05, 3.63) is 34.3 Å². The third-order valence-corrected chi connectivity index (χ3v) is 4.39. The van der Waals surface area contributed by atoms with Gasteiger partial charge < -0.3 is 15.4 Å². The van der Waals surface area contributed by atoms with Gasteiger partial charge in [0.05, 0.1) is 6.61 Å². The van der Waals surface area contributed by atoms with Crippen LogP contribution in [0.25, 0.3) is 0 Å². The number of likely N-dealkylation sites (tertiary alicyclic amines) is 1. The fraction of sp³-hybridized carbons (Fsp3) is 0.533. The highest BCUT2D eigenvalue weighted by atomic mass is 79.9. The lowest BCUT2D eigenvalue weighted by Crippen LogP contribution is -2.50. The number of carbonyl (C=O) groups excluding carboxylic acids is 1. The average Bonchev–Trinajstić information content (AvgIpc) is 2.87. The van der Waals surface area contributed by atoms with E-state index in [4.69, 9.17) is 10.5 Å². The molecule has 0 aliphatic carbocycles. The first-order chi connectivity index (χ1) is 9.45. The first-order valence-corrected chi connectivity index (χ1v) is 7.57. The summed E-state index contributed by atoms with van der Waals surface area (Å²) >= 11 is 3.39. The Kier molecular flexibility index (Phi) is 6.66. The van der Waals surface area contributed by atoms with E-state index in [1.807, 2.05) is 29.2 Å². The van der Waals surface area contributed by atoms with E-state index in [0.29, 0.717) is 12.5 Å². The number of hydrogen-bond acceptors (Lipinski definition) is 3. The lowest BCUT2D eigenvalue weighted by Gasteiger charge is -2.29. The first-order valence-electron chi connectivity index (χ1n) is 6.78. The van der Waals surface area contributed by atoms with Gasteiger partial charge in [-0.05, 0) is 31.0 Å². The molecule has 1 aromatic carbocycles. The second-order valence-electron chi connectivity index (χ2n) is 5.57. The molecule has 2 rings (SSSR count). The van der Waals surface area contributed by atoms with Crippen LogP contribution in [-0.2, 0) is 15.1 Å². The highest BCUT2D eigenvalue weighted by Gasteiger charge is 2.37. The van der Waals surface area contributed by atoms with E-state index in [0.717, 1.165) is 29.5 Å². The molecule has 0 aromatic heterocycles. The second-order valence-corrected chi connectivity index (χ2v) is 6.49. The number of carbonyl (C=O) groups is 1. The SMILES string of the molecule is COCC1CCN(C(=O)C(C)(N)c2ccc(Br)cc2)C1.Cl. The monoisotopic (exact) mass is 376 g/mol. The fourth-order valence-corrected chi connectivity index (χ4v) is 2.90. The number of amides is 1. The molecule has 118 valence electrons. The van der Waals surface area contributed by atoms with E-state index in [1.54, 1.807) is 14.0 Å². The molecule has 1 aliphatic rings. The van der Waals surface area contributed by atoms with Gasteiger partial charge in [0.15, 0.2) is 0 Å². The number of hydrogen-bond donors (Lipinski definition) is 1. The van der Waals surface area contributed by atoms with Gasteiger partial charge in [0.2, 0.25) is 5.91 Å². The van der Waals surface area contributed by atoms with E-state index >= 15 is 0 Å². The molecule has 2 N–H and O–H groups in total. The topological polar surface area (TPSA) is 55.6 Å². The van der Waals surface area contributed by atoms with Crippen LogP contribution < -0.4 is 5.73 Å². The maximum absolute atomic E-state index is 12.7. The normalized spacial score (nSPS) is 20.8. The molecular formula is C15H22BrClN2O2. The standard InChI is InChI=1S/C15H21BrN2O2.ClH/c1-15(17,12-3-5-13(16)6-4-12)14(19)18-8-7-11(9-18)10-20-2;/h3-6,11H,7-10,17H2,1-2H3;1H. The van der Waals surface area contributed by atoms with Crippen molar-refractivity contribution in [1.82, 2.24) is 4.90 Å². The minimum atomic E-state index is -0.983. The maximum atomic E-state index is 12.7. The van der Waals surface area contributed by atoms with Crippen LogP contribution in [0.4, 0.5) is 0 Å². The first kappa shape index (κ1) is 18.4. The molecule has 0 radical (unpaired) electrons. The Labute approximate surface area is 140 Å². The summed E-state index contributed by atoms with van der Waals surface area (Å²) in [5.41, 5.74) is 6.14. The summed E-state index contributed by atoms with van der Waals surface area (Å²) in [5, 5.41) is 0. The number of ether oxygens (including phenoxy) is 1. The van der Waals surface area contributed by atoms with Crippen LogP contribution in [0.5, 0.6) is 0 Å². The molecule has 1 aromatic rings. The zero-order valence-electron chi connectivity index (χ0n) is 12.3. The Morgan fingerprint density at radius 2 is 2.10 bits per heavy atom. The quantitative estimate of drug-likeness (QED) is 0.877. The molecule has 2 unspecified atom stereocenters. The molecule has 1 amide bonds. The zero-order chi connectivity index (χ0) is 14.8. The largest absolute Gasteiger partial charge is 0.384 e. The highest BCUT2D eigenvalue weighted by Crippen LogP contribution is 2.26. The molecule has 2 atom stereocenters. The Morgan fingerprint density at radius 1 is 1.48 bits per heavy atom. The van der Waals surface area contributed by atoms with Crippen LogP contribution in [0.1, 0.15) is 18.9 Å². The number of rotatable bonds is 4. The fourth-order valence-electron chi connectivity index (χ4n) is 2.64. The van der Waals surface area contributed by atoms with Gasteiger partial charge in [0.1, 0.15) is 5.54 Å². The minimum absolute atomic E-state index is 0. The van der Waals surface area contributed by atoms with Gasteiger partial charge >= 0.3 is 0 Å². The summed E-state index contributed by atoms with van der Waals surface area (Å²) in [4.78, 5) is 14.5. The van der Waals surface area contributed by atoms with Gasteiger partial charge in [-0.3, -0.25) is 4.79 Å². The van der Waals surface area contributed by atoms with Gasteiger partial charge in [-0.1, -0.05) is 28.1 Å². The lowest BCUT2D eigenvalue weighted by atomic mass is 9.92. The molecule has 21 heavy (non-hydrogen) atoms. The Morgan fingerprint density at radius 3 is 2.67 bits per heavy atom. The van der Waals surface area contributed by atoms with Gasteiger partial charge in [-0.15, -0.1) is 12.4 Å². The molecule has 0 spiro atoms. The van der Waals surface area contributed by atoms with Crippen LogP contribution in [0.3, 0.4) is 0 Å². The van der Waals surface area contributed by atoms with Crippen molar-refractivity contribution >= 4 is 34.2 Å². The van der Waals surface area contributed by atoms with E-state index < -0.39 is 5.54 Å². The summed E-state index contributed by atoms with van der Waals surface area (Å²) in [6.45, 7) is 3.97. The van der Waals surface area contributed by atoms with Crippen LogP contribution in [-0.4, -0.2) is 37.6 Å². The highest BCUT2D eigenvalue weighted by molar-refractivity contribution is 9.10. The molecule has 1 fully saturated rings. The van der Waals surface area contributed by atoms with Crippen molar-refractivity contribution in [3.63, 3.8) is 0 Å². The van der Waals surface area contributed by atoms with Crippen molar-refractivity contribution in [2.75, 3.05) is 26.8 Å². The van der Waals surface area contributed by atoms with Crippen molar-refractivity contribution in [2.45, 2.75) is 18.9 Å². The number of nitrogens with two attached hydrogens (primary N) is 1. The molecule has 0 bridgehead atoms. The predicted octanol–water partition coefficient (Wildman–Crippen LogP) is 2.54. The summed E-state index contributed by atoms with van der Waals surface area (Å²) in [5.74, 6) is 0.406. The van der Waals surface area contributed by atoms with Gasteiger partial charge in [-0.25, -0.2) is 0 Å². The van der Waals surface area contributed by atoms with Crippen LogP contribution in [0.2, 0.25) is 0 Å². The van der Waals surface area contributed by atoms with E-state index in [-0.39, 0.29) is 18.3 Å². The molecule has 1 heterocycles. The molecule has 1 aliphatic heterocycles. The summed E-state index contributed by atoms with van der Waals surface area (Å²) in [7, 11) is 1.69. The Hall–Kier alpha value is -0.620. The van der Waals surface area contributed by atoms with Crippen molar-refractivity contribution in [1.29, 1.82) is 0 Å². The van der Waals surface area contributed by atoms with Crippen molar-refractivity contribution < 1.29 is 9.53 Å². The predicted molar refractivity (Wildman–Crippen MR) is 89.5 cm³/mol. The molecule has 6 heteroatoms. The molecular weight excluding hydrogens is 356 g/mol. The van der Waals surface area contributed by atoms with Gasteiger partial charge in [0.25, 0.3) is 0 Å². The average molecular weight is 378 g/mol.